The Morgan fingerprint density at radius 2 is 1.09 bits per heavy atom. The summed E-state index contributed by atoms with van der Waals surface area (Å²) in [7, 11) is 3.75. The molecule has 0 aliphatic rings. The Balaban J connectivity index is 0.000000968. The van der Waals surface area contributed by atoms with Crippen LogP contribution in [0.15, 0.2) is 83.3 Å². The first-order valence-electron chi connectivity index (χ1n) is 11.9. The predicted molar refractivity (Wildman–Crippen MR) is 138 cm³/mol. The van der Waals surface area contributed by atoms with Gasteiger partial charge in [0.05, 0.1) is 0 Å². The molecular formula is C29H35N3O. The minimum absolute atomic E-state index is 0.541. The van der Waals surface area contributed by atoms with Gasteiger partial charge in [-0.15, -0.1) is 10.2 Å². The molecule has 33 heavy (non-hydrogen) atoms. The average molecular weight is 442 g/mol. The van der Waals surface area contributed by atoms with Gasteiger partial charge in [-0.1, -0.05) is 87.2 Å². The first kappa shape index (κ1) is 24.4. The molecule has 4 aromatic rings. The Morgan fingerprint density at radius 1 is 0.606 bits per heavy atom. The van der Waals surface area contributed by atoms with Crippen LogP contribution in [0.4, 0.5) is 0 Å². The van der Waals surface area contributed by atoms with Crippen LogP contribution in [-0.2, 0) is 6.42 Å². The van der Waals surface area contributed by atoms with Gasteiger partial charge in [0.2, 0.25) is 11.8 Å². The van der Waals surface area contributed by atoms with Crippen molar-refractivity contribution in [3.63, 3.8) is 0 Å². The smallest absolute Gasteiger partial charge is 0.248 e. The zero-order valence-corrected chi connectivity index (χ0v) is 20.1. The summed E-state index contributed by atoms with van der Waals surface area (Å²) in [5.74, 6) is 1.08. The zero-order valence-electron chi connectivity index (χ0n) is 20.1. The maximum atomic E-state index is 5.86. The number of unbranched alkanes of at least 4 members (excludes halogenated alkanes) is 4. The Hall–Kier alpha value is -3.24. The van der Waals surface area contributed by atoms with E-state index < -0.39 is 0 Å². The molecule has 0 radical (unpaired) electrons. The highest BCUT2D eigenvalue weighted by atomic mass is 16.4. The van der Waals surface area contributed by atoms with Crippen LogP contribution in [0.3, 0.4) is 0 Å². The highest BCUT2D eigenvalue weighted by molar-refractivity contribution is 5.68. The fourth-order valence-corrected chi connectivity index (χ4v) is 3.64. The van der Waals surface area contributed by atoms with Crippen LogP contribution < -0.4 is 5.32 Å². The summed E-state index contributed by atoms with van der Waals surface area (Å²) in [5.41, 5.74) is 5.70. The second-order valence-corrected chi connectivity index (χ2v) is 8.22. The number of nitrogens with one attached hydrogen (secondary N) is 1. The molecule has 0 unspecified atom stereocenters. The maximum absolute atomic E-state index is 5.86. The van der Waals surface area contributed by atoms with E-state index in [1.165, 1.54) is 55.2 Å². The molecule has 0 aliphatic heterocycles. The lowest BCUT2D eigenvalue weighted by molar-refractivity contribution is 0.584. The number of rotatable bonds is 9. The first-order chi connectivity index (χ1) is 16.2. The van der Waals surface area contributed by atoms with Crippen LogP contribution in [-0.4, -0.2) is 24.3 Å². The third kappa shape index (κ3) is 7.40. The number of hydrogen-bond acceptors (Lipinski definition) is 4. The van der Waals surface area contributed by atoms with Gasteiger partial charge < -0.3 is 9.73 Å². The number of hydrogen-bond donors (Lipinski definition) is 1. The molecule has 3 aromatic carbocycles. The van der Waals surface area contributed by atoms with Crippen molar-refractivity contribution in [1.29, 1.82) is 0 Å². The van der Waals surface area contributed by atoms with Crippen molar-refractivity contribution in [2.24, 2.45) is 0 Å². The molecule has 1 heterocycles. The Bertz CT molecular complexity index is 1050. The predicted octanol–water partition coefficient (Wildman–Crippen LogP) is 7.42. The molecular weight excluding hydrogens is 406 g/mol. The molecule has 0 bridgehead atoms. The summed E-state index contributed by atoms with van der Waals surface area (Å²) in [4.78, 5) is 0. The molecule has 0 amide bonds. The fraction of sp³-hybridized carbons (Fsp3) is 0.310. The van der Waals surface area contributed by atoms with E-state index in [-0.39, 0.29) is 0 Å². The van der Waals surface area contributed by atoms with E-state index >= 15 is 0 Å². The summed E-state index contributed by atoms with van der Waals surface area (Å²) in [6.07, 6.45) is 7.79. The van der Waals surface area contributed by atoms with Crippen molar-refractivity contribution in [3.05, 3.63) is 84.4 Å². The topological polar surface area (TPSA) is 51.0 Å². The number of aromatic nitrogens is 2. The largest absolute Gasteiger partial charge is 0.416 e. The van der Waals surface area contributed by atoms with Crippen molar-refractivity contribution in [2.75, 3.05) is 14.1 Å². The van der Waals surface area contributed by atoms with Gasteiger partial charge in [-0.25, -0.2) is 0 Å². The zero-order chi connectivity index (χ0) is 23.3. The fourth-order valence-electron chi connectivity index (χ4n) is 3.64. The van der Waals surface area contributed by atoms with Crippen molar-refractivity contribution < 1.29 is 4.42 Å². The summed E-state index contributed by atoms with van der Waals surface area (Å²) in [5, 5.41) is 11.1. The molecule has 4 nitrogen and oxygen atoms in total. The number of benzene rings is 3. The van der Waals surface area contributed by atoms with Gasteiger partial charge in [0.1, 0.15) is 0 Å². The van der Waals surface area contributed by atoms with Crippen LogP contribution in [0.25, 0.3) is 34.0 Å². The molecule has 4 rings (SSSR count). The second-order valence-electron chi connectivity index (χ2n) is 8.22. The Labute approximate surface area is 198 Å². The van der Waals surface area contributed by atoms with Gasteiger partial charge in [0.25, 0.3) is 0 Å². The monoisotopic (exact) mass is 441 g/mol. The van der Waals surface area contributed by atoms with E-state index in [0.717, 1.165) is 11.1 Å². The van der Waals surface area contributed by atoms with Gasteiger partial charge in [-0.2, -0.15) is 0 Å². The highest BCUT2D eigenvalue weighted by Crippen LogP contribution is 2.27. The van der Waals surface area contributed by atoms with Crippen molar-refractivity contribution in [1.82, 2.24) is 15.5 Å². The molecule has 1 N–H and O–H groups in total. The molecule has 0 fully saturated rings. The molecule has 1 aromatic heterocycles. The van der Waals surface area contributed by atoms with E-state index in [0.29, 0.717) is 11.8 Å². The van der Waals surface area contributed by atoms with Gasteiger partial charge in [-0.05, 0) is 67.9 Å². The Morgan fingerprint density at radius 3 is 1.67 bits per heavy atom. The van der Waals surface area contributed by atoms with Crippen LogP contribution in [0.2, 0.25) is 0 Å². The van der Waals surface area contributed by atoms with Crippen LogP contribution >= 0.6 is 0 Å². The van der Waals surface area contributed by atoms with E-state index in [1.54, 1.807) is 0 Å². The normalized spacial score (nSPS) is 10.5. The quantitative estimate of drug-likeness (QED) is 0.275. The number of nitrogens with zero attached hydrogens (tertiary/aromatic N) is 2. The van der Waals surface area contributed by atoms with Crippen molar-refractivity contribution in [2.45, 2.75) is 45.4 Å². The summed E-state index contributed by atoms with van der Waals surface area (Å²) < 4.78 is 5.86. The lowest BCUT2D eigenvalue weighted by Gasteiger charge is -2.06. The molecule has 0 atom stereocenters. The number of aryl methyl sites for hydroxylation is 1. The molecule has 0 spiro atoms. The van der Waals surface area contributed by atoms with Gasteiger partial charge >= 0.3 is 0 Å². The molecule has 4 heteroatoms. The second kappa shape index (κ2) is 13.3. The molecule has 172 valence electrons. The first-order valence-corrected chi connectivity index (χ1v) is 11.9. The SMILES string of the molecule is CCCCCCCc1ccc(-c2ccc(-c3nnc(-c4ccccc4)o3)cc2)cc1.CNC. The maximum Gasteiger partial charge on any atom is 0.248 e. The van der Waals surface area contributed by atoms with E-state index in [4.69, 9.17) is 4.42 Å². The lowest BCUT2D eigenvalue weighted by atomic mass is 10.00. The van der Waals surface area contributed by atoms with Crippen molar-refractivity contribution in [3.8, 4) is 34.0 Å². The summed E-state index contributed by atoms with van der Waals surface area (Å²) in [6, 6.07) is 27.1. The van der Waals surface area contributed by atoms with Gasteiger partial charge in [-0.3, -0.25) is 0 Å². The van der Waals surface area contributed by atoms with E-state index in [9.17, 15) is 0 Å². The van der Waals surface area contributed by atoms with E-state index in [1.807, 2.05) is 56.6 Å². The summed E-state index contributed by atoms with van der Waals surface area (Å²) >= 11 is 0. The van der Waals surface area contributed by atoms with Gasteiger partial charge in [0, 0.05) is 11.1 Å². The lowest BCUT2D eigenvalue weighted by Crippen LogP contribution is -1.89. The molecule has 0 saturated carbocycles. The summed E-state index contributed by atoms with van der Waals surface area (Å²) in [6.45, 7) is 2.26. The third-order valence-electron chi connectivity index (χ3n) is 5.43. The highest BCUT2D eigenvalue weighted by Gasteiger charge is 2.10. The van der Waals surface area contributed by atoms with Crippen molar-refractivity contribution >= 4 is 0 Å². The van der Waals surface area contributed by atoms with Crippen LogP contribution in [0.5, 0.6) is 0 Å². The third-order valence-corrected chi connectivity index (χ3v) is 5.43. The average Bonchev–Trinajstić information content (AvgIpc) is 3.36. The minimum atomic E-state index is 0.541. The van der Waals surface area contributed by atoms with E-state index in [2.05, 4.69) is 58.8 Å². The van der Waals surface area contributed by atoms with Crippen LogP contribution in [0.1, 0.15) is 44.6 Å². The molecule has 0 aliphatic carbocycles. The van der Waals surface area contributed by atoms with Crippen LogP contribution in [0, 0.1) is 0 Å². The minimum Gasteiger partial charge on any atom is -0.416 e. The molecule has 0 saturated heterocycles. The van der Waals surface area contributed by atoms with Gasteiger partial charge in [0.15, 0.2) is 0 Å². The standard InChI is InChI=1S/C27H28N2O.C2H7N/c1-2-3-4-5-7-10-21-13-15-22(16-14-21)23-17-19-25(20-18-23)27-29-28-26(30-27)24-11-8-6-9-12-24;1-3-2/h6,8-9,11-20H,2-5,7,10H2,1H3;3H,1-2H3. The Kier molecular flexibility index (Phi) is 9.86.